The van der Waals surface area contributed by atoms with E-state index in [-0.39, 0.29) is 23.6 Å². The van der Waals surface area contributed by atoms with Gasteiger partial charge in [-0.25, -0.2) is 25.9 Å². The number of halogens is 1. The number of benzene rings is 1. The predicted octanol–water partition coefficient (Wildman–Crippen LogP) is 0.263. The molecular weight excluding hydrogens is 307 g/mol. The Morgan fingerprint density at radius 2 is 2.05 bits per heavy atom. The van der Waals surface area contributed by atoms with Gasteiger partial charge < -0.3 is 5.73 Å². The third kappa shape index (κ3) is 3.10. The molecule has 1 unspecified atom stereocenters. The first kappa shape index (κ1) is 15.2. The lowest BCUT2D eigenvalue weighted by Crippen LogP contribution is -2.46. The molecular formula is C11H15FN2O4S2. The standard InChI is InChI=1S/C11H15FN2O4S2/c1-11(4-5-19(15,16)7-11)14-20(17,18)10-3-2-8(13)6-9(10)12/h2-3,6,14H,4-5,7,13H2,1H3. The van der Waals surface area contributed by atoms with Crippen LogP contribution in [0.3, 0.4) is 0 Å². The SMILES string of the molecule is CC1(NS(=O)(=O)c2ccc(N)cc2F)CCS(=O)(=O)C1. The molecule has 1 heterocycles. The summed E-state index contributed by atoms with van der Waals surface area (Å²) in [6, 6.07) is 3.23. The number of hydrogen-bond acceptors (Lipinski definition) is 5. The number of rotatable bonds is 3. The second-order valence-corrected chi connectivity index (χ2v) is 9.03. The lowest BCUT2D eigenvalue weighted by Gasteiger charge is -2.23. The fraction of sp³-hybridized carbons (Fsp3) is 0.455. The van der Waals surface area contributed by atoms with Crippen molar-refractivity contribution in [3.8, 4) is 0 Å². The molecule has 20 heavy (non-hydrogen) atoms. The van der Waals surface area contributed by atoms with E-state index < -0.39 is 36.1 Å². The molecule has 2 rings (SSSR count). The molecule has 3 N–H and O–H groups in total. The summed E-state index contributed by atoms with van der Waals surface area (Å²) in [6.45, 7) is 1.49. The Morgan fingerprint density at radius 3 is 2.55 bits per heavy atom. The summed E-state index contributed by atoms with van der Waals surface area (Å²) in [5, 5.41) is 0. The van der Waals surface area contributed by atoms with E-state index in [4.69, 9.17) is 5.73 Å². The van der Waals surface area contributed by atoms with E-state index >= 15 is 0 Å². The number of nitrogens with one attached hydrogen (secondary N) is 1. The van der Waals surface area contributed by atoms with Crippen LogP contribution in [0.15, 0.2) is 23.1 Å². The summed E-state index contributed by atoms with van der Waals surface area (Å²) < 4.78 is 63.2. The van der Waals surface area contributed by atoms with Crippen molar-refractivity contribution in [3.05, 3.63) is 24.0 Å². The first-order valence-electron chi connectivity index (χ1n) is 5.83. The van der Waals surface area contributed by atoms with Gasteiger partial charge in [0.2, 0.25) is 10.0 Å². The van der Waals surface area contributed by atoms with Gasteiger partial charge in [0.25, 0.3) is 0 Å². The Balaban J connectivity index is 2.33. The Labute approximate surface area is 117 Å². The van der Waals surface area contributed by atoms with Gasteiger partial charge in [0.1, 0.15) is 10.7 Å². The zero-order valence-corrected chi connectivity index (χ0v) is 12.4. The molecule has 0 spiro atoms. The van der Waals surface area contributed by atoms with Gasteiger partial charge in [-0.3, -0.25) is 0 Å². The molecule has 0 aromatic heterocycles. The number of nitrogen functional groups attached to an aromatic ring is 1. The van der Waals surface area contributed by atoms with Gasteiger partial charge in [-0.15, -0.1) is 0 Å². The maximum absolute atomic E-state index is 13.7. The summed E-state index contributed by atoms with van der Waals surface area (Å²) in [7, 11) is -7.41. The fourth-order valence-corrected chi connectivity index (χ4v) is 5.89. The van der Waals surface area contributed by atoms with Crippen LogP contribution in [0.2, 0.25) is 0 Å². The number of nitrogens with two attached hydrogens (primary N) is 1. The predicted molar refractivity (Wildman–Crippen MR) is 72.8 cm³/mol. The van der Waals surface area contributed by atoms with Gasteiger partial charge in [0.05, 0.1) is 11.5 Å². The summed E-state index contributed by atoms with van der Waals surface area (Å²) in [5.74, 6) is -1.35. The molecule has 112 valence electrons. The van der Waals surface area contributed by atoms with Crippen LogP contribution >= 0.6 is 0 Å². The van der Waals surface area contributed by atoms with E-state index in [1.165, 1.54) is 13.0 Å². The minimum Gasteiger partial charge on any atom is -0.399 e. The van der Waals surface area contributed by atoms with Gasteiger partial charge in [-0.2, -0.15) is 0 Å². The highest BCUT2D eigenvalue weighted by atomic mass is 32.2. The van der Waals surface area contributed by atoms with Crippen molar-refractivity contribution in [2.45, 2.75) is 23.8 Å². The summed E-state index contributed by atoms with van der Waals surface area (Å²) in [6.07, 6.45) is 0.158. The van der Waals surface area contributed by atoms with E-state index in [9.17, 15) is 21.2 Å². The highest BCUT2D eigenvalue weighted by Gasteiger charge is 2.41. The maximum atomic E-state index is 13.7. The average molecular weight is 322 g/mol. The van der Waals surface area contributed by atoms with E-state index in [1.807, 2.05) is 0 Å². The zero-order chi connectivity index (χ0) is 15.2. The van der Waals surface area contributed by atoms with Gasteiger partial charge in [-0.05, 0) is 31.5 Å². The normalized spacial score (nSPS) is 25.7. The van der Waals surface area contributed by atoms with Gasteiger partial charge in [0, 0.05) is 11.2 Å². The monoisotopic (exact) mass is 322 g/mol. The lowest BCUT2D eigenvalue weighted by atomic mass is 10.0. The molecule has 1 aliphatic heterocycles. The second kappa shape index (κ2) is 4.68. The summed E-state index contributed by atoms with van der Waals surface area (Å²) in [5.41, 5.74) is 4.35. The van der Waals surface area contributed by atoms with Crippen molar-refractivity contribution in [3.63, 3.8) is 0 Å². The largest absolute Gasteiger partial charge is 0.399 e. The molecule has 0 saturated carbocycles. The molecule has 1 fully saturated rings. The molecule has 1 aromatic rings. The first-order valence-corrected chi connectivity index (χ1v) is 9.13. The van der Waals surface area contributed by atoms with E-state index in [0.29, 0.717) is 0 Å². The fourth-order valence-electron chi connectivity index (χ4n) is 2.21. The van der Waals surface area contributed by atoms with Crippen molar-refractivity contribution in [1.82, 2.24) is 4.72 Å². The van der Waals surface area contributed by atoms with Crippen LogP contribution in [0.5, 0.6) is 0 Å². The third-order valence-electron chi connectivity index (χ3n) is 3.13. The van der Waals surface area contributed by atoms with Crippen LogP contribution in [-0.2, 0) is 19.9 Å². The van der Waals surface area contributed by atoms with Gasteiger partial charge >= 0.3 is 0 Å². The Bertz CT molecular complexity index is 746. The molecule has 0 amide bonds. The van der Waals surface area contributed by atoms with Crippen molar-refractivity contribution in [1.29, 1.82) is 0 Å². The smallest absolute Gasteiger partial charge is 0.244 e. The van der Waals surface area contributed by atoms with Crippen LogP contribution in [-0.4, -0.2) is 33.9 Å². The summed E-state index contributed by atoms with van der Waals surface area (Å²) >= 11 is 0. The van der Waals surface area contributed by atoms with Crippen molar-refractivity contribution < 1.29 is 21.2 Å². The maximum Gasteiger partial charge on any atom is 0.244 e. The summed E-state index contributed by atoms with van der Waals surface area (Å²) in [4.78, 5) is -0.544. The molecule has 1 aromatic carbocycles. The van der Waals surface area contributed by atoms with Crippen molar-refractivity contribution in [2.75, 3.05) is 17.2 Å². The first-order chi connectivity index (χ1) is 9.03. The molecule has 1 aliphatic rings. The Kier molecular flexibility index (Phi) is 3.55. The quantitative estimate of drug-likeness (QED) is 0.777. The van der Waals surface area contributed by atoms with Crippen molar-refractivity contribution >= 4 is 25.5 Å². The average Bonchev–Trinajstić information content (AvgIpc) is 2.50. The number of sulfonamides is 1. The van der Waals surface area contributed by atoms with Crippen LogP contribution in [0.4, 0.5) is 10.1 Å². The highest BCUT2D eigenvalue weighted by Crippen LogP contribution is 2.26. The molecule has 9 heteroatoms. The Hall–Kier alpha value is -1.19. The van der Waals surface area contributed by atoms with Crippen LogP contribution in [0.1, 0.15) is 13.3 Å². The second-order valence-electron chi connectivity index (χ2n) is 5.20. The minimum atomic E-state index is -4.14. The molecule has 0 radical (unpaired) electrons. The van der Waals surface area contributed by atoms with Crippen molar-refractivity contribution in [2.24, 2.45) is 0 Å². The zero-order valence-electron chi connectivity index (χ0n) is 10.8. The number of hydrogen-bond donors (Lipinski definition) is 2. The van der Waals surface area contributed by atoms with Crippen LogP contribution in [0.25, 0.3) is 0 Å². The Morgan fingerprint density at radius 1 is 1.40 bits per heavy atom. The number of anilines is 1. The minimum absolute atomic E-state index is 0.0871. The third-order valence-corrected chi connectivity index (χ3v) is 6.70. The molecule has 1 atom stereocenters. The van der Waals surface area contributed by atoms with Gasteiger partial charge in [-0.1, -0.05) is 0 Å². The molecule has 6 nitrogen and oxygen atoms in total. The molecule has 1 saturated heterocycles. The lowest BCUT2D eigenvalue weighted by molar-refractivity contribution is 0.459. The van der Waals surface area contributed by atoms with E-state index in [2.05, 4.69) is 4.72 Å². The van der Waals surface area contributed by atoms with E-state index in [0.717, 1.165) is 12.1 Å². The van der Waals surface area contributed by atoms with E-state index in [1.54, 1.807) is 0 Å². The number of sulfone groups is 1. The van der Waals surface area contributed by atoms with Crippen LogP contribution in [0, 0.1) is 5.82 Å². The van der Waals surface area contributed by atoms with Crippen LogP contribution < -0.4 is 10.5 Å². The topological polar surface area (TPSA) is 106 Å². The highest BCUT2D eigenvalue weighted by molar-refractivity contribution is 7.92. The van der Waals surface area contributed by atoms with Gasteiger partial charge in [0.15, 0.2) is 9.84 Å². The molecule has 0 aliphatic carbocycles. The molecule has 0 bridgehead atoms.